The molecule has 0 radical (unpaired) electrons. The maximum atomic E-state index is 13.5. The van der Waals surface area contributed by atoms with Gasteiger partial charge in [0.15, 0.2) is 11.6 Å². The normalized spacial score (nSPS) is 10.8. The molecule has 0 amide bonds. The molecule has 2 rings (SSSR count). The lowest BCUT2D eigenvalue weighted by atomic mass is 10.1. The first-order valence-electron chi connectivity index (χ1n) is 6.37. The third-order valence-electron chi connectivity index (χ3n) is 3.14. The van der Waals surface area contributed by atoms with Crippen molar-refractivity contribution < 1.29 is 13.2 Å². The summed E-state index contributed by atoms with van der Waals surface area (Å²) in [6.45, 7) is 4.41. The number of rotatable bonds is 4. The second kappa shape index (κ2) is 6.09. The fourth-order valence-electron chi connectivity index (χ4n) is 2.14. The highest BCUT2D eigenvalue weighted by atomic mass is 19.2. The number of benzene rings is 2. The molecule has 1 N–H and O–H groups in total. The summed E-state index contributed by atoms with van der Waals surface area (Å²) in [6.07, 6.45) is 0. The van der Waals surface area contributed by atoms with Crippen molar-refractivity contribution in [3.05, 3.63) is 70.0 Å². The molecule has 106 valence electrons. The van der Waals surface area contributed by atoms with Crippen LogP contribution < -0.4 is 5.32 Å². The maximum Gasteiger partial charge on any atom is 0.159 e. The van der Waals surface area contributed by atoms with Gasteiger partial charge in [-0.05, 0) is 48.2 Å². The Morgan fingerprint density at radius 3 is 2.00 bits per heavy atom. The minimum absolute atomic E-state index is 0.186. The van der Waals surface area contributed by atoms with Gasteiger partial charge >= 0.3 is 0 Å². The van der Waals surface area contributed by atoms with Gasteiger partial charge in [-0.1, -0.05) is 18.2 Å². The van der Waals surface area contributed by atoms with Gasteiger partial charge in [-0.25, -0.2) is 13.2 Å². The van der Waals surface area contributed by atoms with E-state index in [4.69, 9.17) is 0 Å². The molecule has 4 heteroatoms. The van der Waals surface area contributed by atoms with Gasteiger partial charge in [-0.3, -0.25) is 0 Å². The van der Waals surface area contributed by atoms with Crippen LogP contribution in [0.1, 0.15) is 22.3 Å². The van der Waals surface area contributed by atoms with E-state index in [0.29, 0.717) is 29.8 Å². The highest BCUT2D eigenvalue weighted by Gasteiger charge is 2.05. The lowest BCUT2D eigenvalue weighted by Gasteiger charge is -2.09. The lowest BCUT2D eigenvalue weighted by Crippen LogP contribution is -2.13. The summed E-state index contributed by atoms with van der Waals surface area (Å²) in [7, 11) is 0. The first-order valence-corrected chi connectivity index (χ1v) is 6.37. The SMILES string of the molecule is Cc1cc(CNCc2ccc(F)c(F)c2)cc(C)c1F. The number of halogens is 3. The third kappa shape index (κ3) is 3.39. The zero-order chi connectivity index (χ0) is 14.7. The average molecular weight is 279 g/mol. The highest BCUT2D eigenvalue weighted by Crippen LogP contribution is 2.15. The van der Waals surface area contributed by atoms with Gasteiger partial charge in [-0.15, -0.1) is 0 Å². The molecule has 0 heterocycles. The van der Waals surface area contributed by atoms with Crippen molar-refractivity contribution in [1.82, 2.24) is 5.32 Å². The zero-order valence-electron chi connectivity index (χ0n) is 11.4. The number of hydrogen-bond acceptors (Lipinski definition) is 1. The Labute approximate surface area is 116 Å². The van der Waals surface area contributed by atoms with E-state index in [-0.39, 0.29) is 5.82 Å². The van der Waals surface area contributed by atoms with Gasteiger partial charge in [0.1, 0.15) is 5.82 Å². The van der Waals surface area contributed by atoms with Crippen LogP contribution in [0, 0.1) is 31.3 Å². The summed E-state index contributed by atoms with van der Waals surface area (Å²) >= 11 is 0. The van der Waals surface area contributed by atoms with Crippen LogP contribution in [0.4, 0.5) is 13.2 Å². The van der Waals surface area contributed by atoms with Crippen LogP contribution in [-0.4, -0.2) is 0 Å². The van der Waals surface area contributed by atoms with Crippen molar-refractivity contribution in [2.24, 2.45) is 0 Å². The summed E-state index contributed by atoms with van der Waals surface area (Å²) in [6, 6.07) is 7.37. The van der Waals surface area contributed by atoms with E-state index in [0.717, 1.165) is 11.6 Å². The molecule has 0 aliphatic rings. The van der Waals surface area contributed by atoms with Gasteiger partial charge in [0.05, 0.1) is 0 Å². The molecule has 0 aromatic heterocycles. The van der Waals surface area contributed by atoms with E-state index in [2.05, 4.69) is 5.32 Å². The molecule has 2 aromatic rings. The summed E-state index contributed by atoms with van der Waals surface area (Å²) in [5.74, 6) is -1.88. The Morgan fingerprint density at radius 1 is 0.800 bits per heavy atom. The molecule has 0 unspecified atom stereocenters. The quantitative estimate of drug-likeness (QED) is 0.891. The van der Waals surface area contributed by atoms with Gasteiger partial charge in [0.25, 0.3) is 0 Å². The van der Waals surface area contributed by atoms with E-state index < -0.39 is 11.6 Å². The van der Waals surface area contributed by atoms with Crippen LogP contribution in [0.3, 0.4) is 0 Å². The van der Waals surface area contributed by atoms with E-state index in [1.54, 1.807) is 26.0 Å². The predicted molar refractivity (Wildman–Crippen MR) is 72.8 cm³/mol. The fourth-order valence-corrected chi connectivity index (χ4v) is 2.14. The minimum atomic E-state index is -0.849. The molecule has 0 spiro atoms. The van der Waals surface area contributed by atoms with Gasteiger partial charge in [0, 0.05) is 13.1 Å². The second-order valence-corrected chi connectivity index (χ2v) is 4.90. The van der Waals surface area contributed by atoms with Crippen LogP contribution in [0.2, 0.25) is 0 Å². The zero-order valence-corrected chi connectivity index (χ0v) is 11.4. The number of aryl methyl sites for hydroxylation is 2. The topological polar surface area (TPSA) is 12.0 Å². The van der Waals surface area contributed by atoms with Crippen LogP contribution in [0.15, 0.2) is 30.3 Å². The van der Waals surface area contributed by atoms with Gasteiger partial charge in [-0.2, -0.15) is 0 Å². The predicted octanol–water partition coefficient (Wildman–Crippen LogP) is 4.01. The smallest absolute Gasteiger partial charge is 0.159 e. The molecular formula is C16H16F3N. The van der Waals surface area contributed by atoms with Crippen LogP contribution >= 0.6 is 0 Å². The van der Waals surface area contributed by atoms with Crippen molar-refractivity contribution in [1.29, 1.82) is 0 Å². The molecule has 20 heavy (non-hydrogen) atoms. The summed E-state index contributed by atoms with van der Waals surface area (Å²) in [4.78, 5) is 0. The van der Waals surface area contributed by atoms with Crippen LogP contribution in [0.5, 0.6) is 0 Å². The number of nitrogens with one attached hydrogen (secondary N) is 1. The van der Waals surface area contributed by atoms with E-state index >= 15 is 0 Å². The Kier molecular flexibility index (Phi) is 4.45. The molecule has 2 aromatic carbocycles. The molecule has 0 aliphatic carbocycles. The number of hydrogen-bond donors (Lipinski definition) is 1. The van der Waals surface area contributed by atoms with E-state index in [1.807, 2.05) is 0 Å². The molecule has 0 fully saturated rings. The third-order valence-corrected chi connectivity index (χ3v) is 3.14. The molecule has 1 nitrogen and oxygen atoms in total. The second-order valence-electron chi connectivity index (χ2n) is 4.90. The van der Waals surface area contributed by atoms with Crippen LogP contribution in [-0.2, 0) is 13.1 Å². The van der Waals surface area contributed by atoms with Crippen molar-refractivity contribution in [2.45, 2.75) is 26.9 Å². The largest absolute Gasteiger partial charge is 0.309 e. The molecular weight excluding hydrogens is 263 g/mol. The Morgan fingerprint density at radius 2 is 1.40 bits per heavy atom. The van der Waals surface area contributed by atoms with E-state index in [1.165, 1.54) is 12.1 Å². The molecule has 0 atom stereocenters. The lowest BCUT2D eigenvalue weighted by molar-refractivity contribution is 0.506. The fraction of sp³-hybridized carbons (Fsp3) is 0.250. The monoisotopic (exact) mass is 279 g/mol. The van der Waals surface area contributed by atoms with Gasteiger partial charge < -0.3 is 5.32 Å². The minimum Gasteiger partial charge on any atom is -0.309 e. The molecule has 0 saturated carbocycles. The first-order chi connectivity index (χ1) is 9.47. The van der Waals surface area contributed by atoms with Crippen LogP contribution in [0.25, 0.3) is 0 Å². The first kappa shape index (κ1) is 14.6. The summed E-state index contributed by atoms with van der Waals surface area (Å²) < 4.78 is 39.3. The van der Waals surface area contributed by atoms with Crippen molar-refractivity contribution >= 4 is 0 Å². The van der Waals surface area contributed by atoms with Gasteiger partial charge in [0.2, 0.25) is 0 Å². The van der Waals surface area contributed by atoms with Crippen molar-refractivity contribution in [2.75, 3.05) is 0 Å². The van der Waals surface area contributed by atoms with Crippen molar-refractivity contribution in [3.63, 3.8) is 0 Å². The Hall–Kier alpha value is -1.81. The van der Waals surface area contributed by atoms with Crippen molar-refractivity contribution in [3.8, 4) is 0 Å². The summed E-state index contributed by atoms with van der Waals surface area (Å²) in [5.41, 5.74) is 2.84. The molecule has 0 aliphatic heterocycles. The molecule has 0 bridgehead atoms. The standard InChI is InChI=1S/C16H16F3N/c1-10-5-13(6-11(2)16(10)19)9-20-8-12-3-4-14(17)15(18)7-12/h3-7,20H,8-9H2,1-2H3. The average Bonchev–Trinajstić information content (AvgIpc) is 2.40. The maximum absolute atomic E-state index is 13.5. The molecule has 0 saturated heterocycles. The van der Waals surface area contributed by atoms with E-state index in [9.17, 15) is 13.2 Å². The summed E-state index contributed by atoms with van der Waals surface area (Å²) in [5, 5.41) is 3.13. The highest BCUT2D eigenvalue weighted by molar-refractivity contribution is 5.30. The Balaban J connectivity index is 1.97. The Bertz CT molecular complexity index is 600.